The molecule has 0 unspecified atom stereocenters. The van der Waals surface area contributed by atoms with E-state index in [1.807, 2.05) is 13.8 Å². The first-order valence-electron chi connectivity index (χ1n) is 5.48. The summed E-state index contributed by atoms with van der Waals surface area (Å²) in [6, 6.07) is 2.01. The molecule has 17 heavy (non-hydrogen) atoms. The Morgan fingerprint density at radius 1 is 1.35 bits per heavy atom. The number of hydrogen-bond donors (Lipinski definition) is 1. The van der Waals surface area contributed by atoms with E-state index >= 15 is 0 Å². The summed E-state index contributed by atoms with van der Waals surface area (Å²) in [5, 5.41) is 3.15. The average Bonchev–Trinajstić information content (AvgIpc) is 2.23. The summed E-state index contributed by atoms with van der Waals surface area (Å²) in [6.45, 7) is 4.52. The molecule has 96 valence electrons. The third-order valence-electron chi connectivity index (χ3n) is 2.09. The SMILES string of the molecule is CC(C)NCc1ccnc(CCC(F)(F)F)n1. The fraction of sp³-hybridized carbons (Fsp3) is 0.636. The van der Waals surface area contributed by atoms with Crippen LogP contribution in [-0.2, 0) is 13.0 Å². The lowest BCUT2D eigenvalue weighted by Gasteiger charge is -2.09. The molecule has 6 heteroatoms. The molecular weight excluding hydrogens is 231 g/mol. The Bertz CT molecular complexity index is 350. The molecule has 1 aromatic heterocycles. The van der Waals surface area contributed by atoms with Crippen LogP contribution < -0.4 is 5.32 Å². The zero-order valence-corrected chi connectivity index (χ0v) is 9.88. The summed E-state index contributed by atoms with van der Waals surface area (Å²) in [4.78, 5) is 7.90. The molecule has 1 aromatic rings. The van der Waals surface area contributed by atoms with E-state index in [0.717, 1.165) is 0 Å². The fourth-order valence-electron chi connectivity index (χ4n) is 1.22. The topological polar surface area (TPSA) is 37.8 Å². The van der Waals surface area contributed by atoms with Crippen LogP contribution in [0.4, 0.5) is 13.2 Å². The van der Waals surface area contributed by atoms with Crippen LogP contribution in [0.25, 0.3) is 0 Å². The van der Waals surface area contributed by atoms with Crippen LogP contribution in [0.2, 0.25) is 0 Å². The van der Waals surface area contributed by atoms with Gasteiger partial charge < -0.3 is 5.32 Å². The molecule has 1 N–H and O–H groups in total. The van der Waals surface area contributed by atoms with Gasteiger partial charge in [-0.25, -0.2) is 9.97 Å². The Labute approximate surface area is 98.5 Å². The highest BCUT2D eigenvalue weighted by molar-refractivity contribution is 5.02. The van der Waals surface area contributed by atoms with Crippen molar-refractivity contribution in [1.29, 1.82) is 0 Å². The van der Waals surface area contributed by atoms with E-state index < -0.39 is 12.6 Å². The molecule has 0 atom stereocenters. The molecule has 0 aliphatic heterocycles. The molecule has 1 heterocycles. The van der Waals surface area contributed by atoms with Gasteiger partial charge in [-0.1, -0.05) is 13.8 Å². The lowest BCUT2D eigenvalue weighted by molar-refractivity contribution is -0.134. The van der Waals surface area contributed by atoms with Crippen LogP contribution in [-0.4, -0.2) is 22.2 Å². The van der Waals surface area contributed by atoms with E-state index in [-0.39, 0.29) is 12.2 Å². The van der Waals surface area contributed by atoms with Crippen molar-refractivity contribution >= 4 is 0 Å². The van der Waals surface area contributed by atoms with Crippen LogP contribution in [0.3, 0.4) is 0 Å². The number of hydrogen-bond acceptors (Lipinski definition) is 3. The van der Waals surface area contributed by atoms with Gasteiger partial charge in [0.2, 0.25) is 0 Å². The van der Waals surface area contributed by atoms with E-state index in [9.17, 15) is 13.2 Å². The van der Waals surface area contributed by atoms with Gasteiger partial charge in [-0.3, -0.25) is 0 Å². The first-order valence-corrected chi connectivity index (χ1v) is 5.48. The molecule has 0 aromatic carbocycles. The van der Waals surface area contributed by atoms with Crippen LogP contribution in [0.5, 0.6) is 0 Å². The molecule has 0 fully saturated rings. The minimum atomic E-state index is -4.16. The van der Waals surface area contributed by atoms with Crippen LogP contribution in [0.15, 0.2) is 12.3 Å². The van der Waals surface area contributed by atoms with E-state index in [4.69, 9.17) is 0 Å². The molecule has 0 saturated carbocycles. The number of aromatic nitrogens is 2. The molecule has 1 rings (SSSR count). The summed E-state index contributed by atoms with van der Waals surface area (Å²) >= 11 is 0. The van der Waals surface area contributed by atoms with Crippen molar-refractivity contribution in [2.75, 3.05) is 0 Å². The summed E-state index contributed by atoms with van der Waals surface area (Å²) < 4.78 is 36.1. The second-order valence-electron chi connectivity index (χ2n) is 4.11. The molecule has 0 aliphatic carbocycles. The van der Waals surface area contributed by atoms with Gasteiger partial charge in [0.1, 0.15) is 5.82 Å². The van der Waals surface area contributed by atoms with Gasteiger partial charge in [-0.15, -0.1) is 0 Å². The van der Waals surface area contributed by atoms with Crippen molar-refractivity contribution in [3.8, 4) is 0 Å². The van der Waals surface area contributed by atoms with E-state index in [2.05, 4.69) is 15.3 Å². The van der Waals surface area contributed by atoms with Crippen molar-refractivity contribution in [2.45, 2.75) is 45.5 Å². The normalized spacial score (nSPS) is 12.1. The molecule has 0 radical (unpaired) electrons. The Kier molecular flexibility index (Phi) is 4.86. The molecule has 0 spiro atoms. The molecule has 0 bridgehead atoms. The second kappa shape index (κ2) is 5.95. The van der Waals surface area contributed by atoms with Crippen molar-refractivity contribution < 1.29 is 13.2 Å². The fourth-order valence-corrected chi connectivity index (χ4v) is 1.22. The number of nitrogens with zero attached hydrogens (tertiary/aromatic N) is 2. The number of rotatable bonds is 5. The van der Waals surface area contributed by atoms with Crippen molar-refractivity contribution in [1.82, 2.24) is 15.3 Å². The first kappa shape index (κ1) is 13.9. The Balaban J connectivity index is 2.54. The zero-order chi connectivity index (χ0) is 12.9. The third kappa shape index (κ3) is 6.21. The van der Waals surface area contributed by atoms with Crippen LogP contribution in [0, 0.1) is 0 Å². The predicted octanol–water partition coefficient (Wildman–Crippen LogP) is 2.47. The second-order valence-corrected chi connectivity index (χ2v) is 4.11. The molecule has 3 nitrogen and oxygen atoms in total. The van der Waals surface area contributed by atoms with Crippen LogP contribution in [0.1, 0.15) is 31.8 Å². The highest BCUT2D eigenvalue weighted by Gasteiger charge is 2.27. The summed E-state index contributed by atoms with van der Waals surface area (Å²) in [5.41, 5.74) is 0.714. The largest absolute Gasteiger partial charge is 0.389 e. The summed E-state index contributed by atoms with van der Waals surface area (Å²) in [6.07, 6.45) is -3.71. The van der Waals surface area contributed by atoms with E-state index in [1.165, 1.54) is 6.20 Å². The molecule has 0 amide bonds. The van der Waals surface area contributed by atoms with E-state index in [1.54, 1.807) is 6.07 Å². The summed E-state index contributed by atoms with van der Waals surface area (Å²) in [7, 11) is 0. The van der Waals surface area contributed by atoms with Gasteiger partial charge in [0.15, 0.2) is 0 Å². The van der Waals surface area contributed by atoms with Crippen LogP contribution >= 0.6 is 0 Å². The maximum absolute atomic E-state index is 12.0. The number of nitrogens with one attached hydrogen (secondary N) is 1. The van der Waals surface area contributed by atoms with Gasteiger partial charge in [0, 0.05) is 25.2 Å². The highest BCUT2D eigenvalue weighted by Crippen LogP contribution is 2.20. The minimum Gasteiger partial charge on any atom is -0.309 e. The zero-order valence-electron chi connectivity index (χ0n) is 9.88. The third-order valence-corrected chi connectivity index (χ3v) is 2.09. The van der Waals surface area contributed by atoms with Gasteiger partial charge in [-0.05, 0) is 6.07 Å². The number of aryl methyl sites for hydroxylation is 1. The van der Waals surface area contributed by atoms with E-state index in [0.29, 0.717) is 18.3 Å². The van der Waals surface area contributed by atoms with Gasteiger partial charge in [-0.2, -0.15) is 13.2 Å². The monoisotopic (exact) mass is 247 g/mol. The highest BCUT2D eigenvalue weighted by atomic mass is 19.4. The Morgan fingerprint density at radius 3 is 2.65 bits per heavy atom. The number of halogens is 3. The molecular formula is C11H16F3N3. The first-order chi connectivity index (χ1) is 7.87. The Morgan fingerprint density at radius 2 is 2.06 bits per heavy atom. The van der Waals surface area contributed by atoms with Crippen molar-refractivity contribution in [2.24, 2.45) is 0 Å². The van der Waals surface area contributed by atoms with Crippen molar-refractivity contribution in [3.63, 3.8) is 0 Å². The molecule has 0 saturated heterocycles. The van der Waals surface area contributed by atoms with Gasteiger partial charge in [0.05, 0.1) is 12.1 Å². The smallest absolute Gasteiger partial charge is 0.309 e. The quantitative estimate of drug-likeness (QED) is 0.868. The lowest BCUT2D eigenvalue weighted by Crippen LogP contribution is -2.22. The number of alkyl halides is 3. The van der Waals surface area contributed by atoms with Crippen molar-refractivity contribution in [3.05, 3.63) is 23.8 Å². The Hall–Kier alpha value is -1.17. The standard InChI is InChI=1S/C11H16F3N3/c1-8(2)16-7-9-4-6-15-10(17-9)3-5-11(12,13)14/h4,6,8,16H,3,5,7H2,1-2H3. The van der Waals surface area contributed by atoms with Gasteiger partial charge in [0.25, 0.3) is 0 Å². The minimum absolute atomic E-state index is 0.168. The predicted molar refractivity (Wildman–Crippen MR) is 58.4 cm³/mol. The maximum atomic E-state index is 12.0. The molecule has 0 aliphatic rings. The lowest BCUT2D eigenvalue weighted by atomic mass is 10.2. The maximum Gasteiger partial charge on any atom is 0.389 e. The average molecular weight is 247 g/mol. The van der Waals surface area contributed by atoms with Gasteiger partial charge >= 0.3 is 6.18 Å². The summed E-state index contributed by atoms with van der Waals surface area (Å²) in [5.74, 6) is 0.241.